The van der Waals surface area contributed by atoms with E-state index in [0.717, 1.165) is 21.3 Å². The maximum absolute atomic E-state index is 6.01. The molecule has 0 aliphatic rings. The highest BCUT2D eigenvalue weighted by Crippen LogP contribution is 2.27. The molecule has 0 unspecified atom stereocenters. The van der Waals surface area contributed by atoms with Gasteiger partial charge in [-0.25, -0.2) is 4.98 Å². The number of nitrogens with zero attached hydrogens (tertiary/aromatic N) is 1. The zero-order valence-electron chi connectivity index (χ0n) is 6.83. The Balaban J connectivity index is 2.52. The molecule has 0 spiro atoms. The fourth-order valence-corrected chi connectivity index (χ4v) is 1.91. The van der Waals surface area contributed by atoms with Gasteiger partial charge in [0.05, 0.1) is 10.7 Å². The van der Waals surface area contributed by atoms with Crippen LogP contribution < -0.4 is 0 Å². The van der Waals surface area contributed by atoms with Crippen LogP contribution in [0.3, 0.4) is 0 Å². The molecule has 0 amide bonds. The van der Waals surface area contributed by atoms with E-state index in [-0.39, 0.29) is 0 Å². The summed E-state index contributed by atoms with van der Waals surface area (Å²) in [6.07, 6.45) is 0. The zero-order valence-corrected chi connectivity index (χ0v) is 8.40. The molecule has 0 N–H and O–H groups in total. The van der Waals surface area contributed by atoms with Crippen LogP contribution in [0.15, 0.2) is 29.6 Å². The minimum atomic E-state index is 0.729. The zero-order chi connectivity index (χ0) is 9.26. The third-order valence-corrected chi connectivity index (χ3v) is 2.74. The van der Waals surface area contributed by atoms with Crippen molar-refractivity contribution in [3.05, 3.63) is 46.6 Å². The van der Waals surface area contributed by atoms with E-state index in [1.54, 1.807) is 0 Å². The van der Waals surface area contributed by atoms with Gasteiger partial charge in [0.1, 0.15) is 0 Å². The van der Waals surface area contributed by atoms with Crippen molar-refractivity contribution in [3.63, 3.8) is 0 Å². The Kier molecular flexibility index (Phi) is 2.34. The first kappa shape index (κ1) is 8.73. The first-order valence-electron chi connectivity index (χ1n) is 3.80. The summed E-state index contributed by atoms with van der Waals surface area (Å²) in [7, 11) is 0. The van der Waals surface area contributed by atoms with E-state index in [1.165, 1.54) is 11.3 Å². The average molecular weight is 209 g/mol. The molecule has 0 saturated heterocycles. The lowest BCUT2D eigenvalue weighted by molar-refractivity contribution is 1.36. The molecule has 13 heavy (non-hydrogen) atoms. The van der Waals surface area contributed by atoms with Crippen LogP contribution in [-0.4, -0.2) is 4.98 Å². The number of benzene rings is 1. The molecule has 0 aliphatic carbocycles. The van der Waals surface area contributed by atoms with Gasteiger partial charge in [-0.1, -0.05) is 29.8 Å². The molecule has 0 fully saturated rings. The van der Waals surface area contributed by atoms with Crippen LogP contribution in [0.4, 0.5) is 0 Å². The van der Waals surface area contributed by atoms with E-state index in [0.29, 0.717) is 0 Å². The average Bonchev–Trinajstić information content (AvgIpc) is 2.53. The second kappa shape index (κ2) is 3.48. The standard InChI is InChI=1S/C10H7ClNS/c1-7-12-10(6-13-7)8-4-2-3-5-9(8)11/h2-6H,1H2. The molecular formula is C10H7ClNS. The molecule has 0 saturated carbocycles. The van der Waals surface area contributed by atoms with E-state index in [1.807, 2.05) is 29.6 Å². The van der Waals surface area contributed by atoms with E-state index in [4.69, 9.17) is 11.6 Å². The normalized spacial score (nSPS) is 10.3. The Bertz CT molecular complexity index is 422. The number of thiazole rings is 1. The van der Waals surface area contributed by atoms with Crippen molar-refractivity contribution in [2.24, 2.45) is 0 Å². The van der Waals surface area contributed by atoms with Gasteiger partial charge >= 0.3 is 0 Å². The van der Waals surface area contributed by atoms with Crippen LogP contribution >= 0.6 is 22.9 Å². The van der Waals surface area contributed by atoms with Crippen molar-refractivity contribution in [2.75, 3.05) is 0 Å². The quantitative estimate of drug-likeness (QED) is 0.697. The Hall–Kier alpha value is -0.860. The second-order valence-electron chi connectivity index (χ2n) is 2.61. The van der Waals surface area contributed by atoms with E-state index < -0.39 is 0 Å². The molecule has 0 aliphatic heterocycles. The third-order valence-electron chi connectivity index (χ3n) is 1.70. The fourth-order valence-electron chi connectivity index (χ4n) is 1.10. The summed E-state index contributed by atoms with van der Waals surface area (Å²) in [4.78, 5) is 4.26. The lowest BCUT2D eigenvalue weighted by atomic mass is 10.2. The van der Waals surface area contributed by atoms with Gasteiger partial charge in [0.15, 0.2) is 0 Å². The van der Waals surface area contributed by atoms with Gasteiger partial charge in [0, 0.05) is 22.9 Å². The third kappa shape index (κ3) is 1.74. The maximum Gasteiger partial charge on any atom is 0.0936 e. The maximum atomic E-state index is 6.01. The van der Waals surface area contributed by atoms with Gasteiger partial charge in [-0.05, 0) is 6.07 Å². The van der Waals surface area contributed by atoms with Crippen molar-refractivity contribution in [1.82, 2.24) is 4.98 Å². The van der Waals surface area contributed by atoms with Gasteiger partial charge in [-0.3, -0.25) is 0 Å². The minimum absolute atomic E-state index is 0.729. The van der Waals surface area contributed by atoms with Crippen LogP contribution in [-0.2, 0) is 0 Å². The highest BCUT2D eigenvalue weighted by Gasteiger charge is 2.04. The Morgan fingerprint density at radius 1 is 1.31 bits per heavy atom. The van der Waals surface area contributed by atoms with Gasteiger partial charge in [-0.2, -0.15) is 0 Å². The van der Waals surface area contributed by atoms with E-state index in [9.17, 15) is 0 Å². The number of hydrogen-bond donors (Lipinski definition) is 0. The molecule has 0 bridgehead atoms. The molecule has 1 nitrogen and oxygen atoms in total. The lowest BCUT2D eigenvalue weighted by Gasteiger charge is -1.98. The molecule has 1 radical (unpaired) electrons. The van der Waals surface area contributed by atoms with Crippen molar-refractivity contribution in [2.45, 2.75) is 0 Å². The second-order valence-corrected chi connectivity index (χ2v) is 3.96. The Labute approximate surface area is 86.0 Å². The molecule has 65 valence electrons. The smallest absolute Gasteiger partial charge is 0.0936 e. The Morgan fingerprint density at radius 3 is 2.69 bits per heavy atom. The minimum Gasteiger partial charge on any atom is -0.241 e. The number of aromatic nitrogens is 1. The monoisotopic (exact) mass is 208 g/mol. The van der Waals surface area contributed by atoms with Gasteiger partial charge in [0.2, 0.25) is 0 Å². The van der Waals surface area contributed by atoms with Crippen LogP contribution in [0.1, 0.15) is 5.01 Å². The number of hydrogen-bond acceptors (Lipinski definition) is 2. The summed E-state index contributed by atoms with van der Waals surface area (Å²) >= 11 is 7.54. The largest absolute Gasteiger partial charge is 0.241 e. The molecular weight excluding hydrogens is 202 g/mol. The summed E-state index contributed by atoms with van der Waals surface area (Å²) in [5, 5.41) is 3.51. The first-order valence-corrected chi connectivity index (χ1v) is 5.05. The van der Waals surface area contributed by atoms with Crippen molar-refractivity contribution in [1.29, 1.82) is 0 Å². The fraction of sp³-hybridized carbons (Fsp3) is 0. The van der Waals surface area contributed by atoms with Crippen molar-refractivity contribution < 1.29 is 0 Å². The van der Waals surface area contributed by atoms with Crippen molar-refractivity contribution in [3.8, 4) is 11.3 Å². The van der Waals surface area contributed by atoms with Crippen LogP contribution in [0.5, 0.6) is 0 Å². The highest BCUT2D eigenvalue weighted by atomic mass is 35.5. The summed E-state index contributed by atoms with van der Waals surface area (Å²) in [5.41, 5.74) is 1.87. The van der Waals surface area contributed by atoms with E-state index in [2.05, 4.69) is 11.9 Å². The molecule has 1 aromatic heterocycles. The molecule has 2 aromatic rings. The summed E-state index contributed by atoms with van der Waals surface area (Å²) in [6.45, 7) is 3.76. The van der Waals surface area contributed by atoms with Crippen molar-refractivity contribution >= 4 is 22.9 Å². The lowest BCUT2D eigenvalue weighted by Crippen LogP contribution is -1.78. The summed E-state index contributed by atoms with van der Waals surface area (Å²) in [6, 6.07) is 7.67. The number of halogens is 1. The summed E-state index contributed by atoms with van der Waals surface area (Å²) in [5.74, 6) is 0. The van der Waals surface area contributed by atoms with Crippen LogP contribution in [0.25, 0.3) is 11.3 Å². The molecule has 3 heteroatoms. The molecule has 0 atom stereocenters. The molecule has 1 heterocycles. The predicted molar refractivity (Wildman–Crippen MR) is 57.0 cm³/mol. The topological polar surface area (TPSA) is 12.9 Å². The van der Waals surface area contributed by atoms with E-state index >= 15 is 0 Å². The van der Waals surface area contributed by atoms with Gasteiger partial charge < -0.3 is 0 Å². The Morgan fingerprint density at radius 2 is 2.08 bits per heavy atom. The van der Waals surface area contributed by atoms with Gasteiger partial charge in [-0.15, -0.1) is 11.3 Å². The molecule has 2 rings (SSSR count). The summed E-state index contributed by atoms with van der Waals surface area (Å²) < 4.78 is 0. The van der Waals surface area contributed by atoms with Crippen LogP contribution in [0.2, 0.25) is 5.02 Å². The van der Waals surface area contributed by atoms with Gasteiger partial charge in [0.25, 0.3) is 0 Å². The SMILES string of the molecule is [CH2]c1nc(-c2ccccc2Cl)cs1. The molecule has 1 aromatic carbocycles. The highest BCUT2D eigenvalue weighted by molar-refractivity contribution is 7.10. The first-order chi connectivity index (χ1) is 6.27. The number of rotatable bonds is 1. The van der Waals surface area contributed by atoms with Crippen LogP contribution in [0, 0.1) is 6.92 Å². The predicted octanol–water partition coefficient (Wildman–Crippen LogP) is 3.65.